The molecule has 0 saturated carbocycles. The Labute approximate surface area is 159 Å². The molecule has 0 radical (unpaired) electrons. The van der Waals surface area contributed by atoms with Crippen molar-refractivity contribution in [3.05, 3.63) is 29.8 Å². The van der Waals surface area contributed by atoms with Gasteiger partial charge in [0.15, 0.2) is 0 Å². The minimum Gasteiger partial charge on any atom is -0.394 e. The van der Waals surface area contributed by atoms with Crippen molar-refractivity contribution in [1.29, 1.82) is 0 Å². The zero-order valence-electron chi connectivity index (χ0n) is 15.0. The summed E-state index contributed by atoms with van der Waals surface area (Å²) in [4.78, 5) is 40.5. The number of piperazine rings is 1. The van der Waals surface area contributed by atoms with Crippen LogP contribution >= 0.6 is 0 Å². The number of anilines is 1. The maximum Gasteiger partial charge on any atom is 0.416 e. The third-order valence-electron chi connectivity index (χ3n) is 5.01. The van der Waals surface area contributed by atoms with Crippen LogP contribution in [0.15, 0.2) is 24.3 Å². The van der Waals surface area contributed by atoms with E-state index in [9.17, 15) is 32.7 Å². The third-order valence-corrected chi connectivity index (χ3v) is 5.01. The van der Waals surface area contributed by atoms with Crippen LogP contribution < -0.4 is 4.90 Å². The lowest BCUT2D eigenvalue weighted by Crippen LogP contribution is -2.57. The van der Waals surface area contributed by atoms with Gasteiger partial charge in [-0.15, -0.1) is 0 Å². The number of benzene rings is 1. The second kappa shape index (κ2) is 7.78. The smallest absolute Gasteiger partial charge is 0.394 e. The fourth-order valence-corrected chi connectivity index (χ4v) is 3.47. The lowest BCUT2D eigenvalue weighted by Gasteiger charge is -2.38. The first-order valence-electron chi connectivity index (χ1n) is 8.89. The Morgan fingerprint density at radius 1 is 1.00 bits per heavy atom. The van der Waals surface area contributed by atoms with E-state index in [1.54, 1.807) is 0 Å². The lowest BCUT2D eigenvalue weighted by molar-refractivity contribution is -0.152. The minimum atomic E-state index is -4.40. The van der Waals surface area contributed by atoms with Crippen LogP contribution in [-0.2, 0) is 20.6 Å². The Hall–Kier alpha value is -2.62. The van der Waals surface area contributed by atoms with Crippen LogP contribution in [0, 0.1) is 0 Å². The Morgan fingerprint density at radius 3 is 2.00 bits per heavy atom. The summed E-state index contributed by atoms with van der Waals surface area (Å²) in [6, 6.07) is 3.58. The van der Waals surface area contributed by atoms with Crippen LogP contribution in [-0.4, -0.2) is 71.5 Å². The first-order valence-corrected chi connectivity index (χ1v) is 8.89. The molecule has 2 aliphatic heterocycles. The number of hydrogen-bond donors (Lipinski definition) is 1. The van der Waals surface area contributed by atoms with Gasteiger partial charge in [-0.05, 0) is 24.3 Å². The zero-order valence-corrected chi connectivity index (χ0v) is 15.0. The molecule has 7 nitrogen and oxygen atoms in total. The van der Waals surface area contributed by atoms with E-state index in [1.807, 2.05) is 4.90 Å². The van der Waals surface area contributed by atoms with Gasteiger partial charge in [0.2, 0.25) is 17.7 Å². The van der Waals surface area contributed by atoms with Gasteiger partial charge in [0, 0.05) is 44.7 Å². The summed E-state index contributed by atoms with van der Waals surface area (Å²) in [6.07, 6.45) is -4.33. The molecular weight excluding hydrogens is 379 g/mol. The maximum absolute atomic E-state index is 12.7. The standard InChI is InChI=1S/C18H20F3N3O4/c19-18(20,21)12-1-3-13(4-2-12)22-7-9-23(10-8-22)17(28)14(11-25)24-15(26)5-6-16(24)27/h1-4,14,25H,5-11H2. The number of halogens is 3. The summed E-state index contributed by atoms with van der Waals surface area (Å²) in [7, 11) is 0. The largest absolute Gasteiger partial charge is 0.416 e. The lowest BCUT2D eigenvalue weighted by atomic mass is 10.1. The van der Waals surface area contributed by atoms with Crippen molar-refractivity contribution in [3.8, 4) is 0 Å². The fourth-order valence-electron chi connectivity index (χ4n) is 3.47. The highest BCUT2D eigenvalue weighted by atomic mass is 19.4. The Balaban J connectivity index is 1.62. The van der Waals surface area contributed by atoms with Crippen LogP contribution in [0.3, 0.4) is 0 Å². The van der Waals surface area contributed by atoms with E-state index in [0.29, 0.717) is 18.8 Å². The number of nitrogens with zero attached hydrogens (tertiary/aromatic N) is 3. The molecule has 1 N–H and O–H groups in total. The van der Waals surface area contributed by atoms with Crippen molar-refractivity contribution in [2.75, 3.05) is 37.7 Å². The molecule has 3 rings (SSSR count). The number of alkyl halides is 3. The third kappa shape index (κ3) is 3.96. The van der Waals surface area contributed by atoms with E-state index in [4.69, 9.17) is 0 Å². The van der Waals surface area contributed by atoms with Crippen LogP contribution in [0.25, 0.3) is 0 Å². The van der Waals surface area contributed by atoms with Gasteiger partial charge in [-0.3, -0.25) is 19.3 Å². The molecule has 10 heteroatoms. The predicted molar refractivity (Wildman–Crippen MR) is 92.2 cm³/mol. The monoisotopic (exact) mass is 399 g/mol. The summed E-state index contributed by atoms with van der Waals surface area (Å²) >= 11 is 0. The topological polar surface area (TPSA) is 81.2 Å². The second-order valence-corrected chi connectivity index (χ2v) is 6.71. The zero-order chi connectivity index (χ0) is 20.5. The molecule has 1 aromatic carbocycles. The number of rotatable bonds is 4. The van der Waals surface area contributed by atoms with Gasteiger partial charge in [0.25, 0.3) is 0 Å². The molecule has 0 bridgehead atoms. The fraction of sp³-hybridized carbons (Fsp3) is 0.500. The number of hydrogen-bond acceptors (Lipinski definition) is 5. The average molecular weight is 399 g/mol. The molecule has 1 atom stereocenters. The highest BCUT2D eigenvalue weighted by Gasteiger charge is 2.40. The maximum atomic E-state index is 12.7. The number of carbonyl (C=O) groups is 3. The SMILES string of the molecule is O=C(C(CO)N1C(=O)CCC1=O)N1CCN(c2ccc(C(F)(F)F)cc2)CC1. The van der Waals surface area contributed by atoms with E-state index in [2.05, 4.69) is 0 Å². The molecule has 152 valence electrons. The Morgan fingerprint density at radius 2 is 1.54 bits per heavy atom. The summed E-state index contributed by atoms with van der Waals surface area (Å²) in [5, 5.41) is 9.55. The number of amides is 3. The van der Waals surface area contributed by atoms with Gasteiger partial charge in [-0.2, -0.15) is 13.2 Å². The summed E-state index contributed by atoms with van der Waals surface area (Å²) < 4.78 is 38.0. The minimum absolute atomic E-state index is 0.0321. The van der Waals surface area contributed by atoms with Crippen LogP contribution in [0.5, 0.6) is 0 Å². The van der Waals surface area contributed by atoms with Crippen molar-refractivity contribution in [2.45, 2.75) is 25.1 Å². The number of carbonyl (C=O) groups excluding carboxylic acids is 3. The molecule has 28 heavy (non-hydrogen) atoms. The molecule has 0 spiro atoms. The molecule has 2 saturated heterocycles. The predicted octanol–water partition coefficient (Wildman–Crippen LogP) is 0.864. The van der Waals surface area contributed by atoms with Gasteiger partial charge >= 0.3 is 6.18 Å². The van der Waals surface area contributed by atoms with Gasteiger partial charge in [0.1, 0.15) is 6.04 Å². The van der Waals surface area contributed by atoms with Crippen molar-refractivity contribution in [3.63, 3.8) is 0 Å². The summed E-state index contributed by atoms with van der Waals surface area (Å²) in [5.41, 5.74) is -0.112. The van der Waals surface area contributed by atoms with E-state index in [1.165, 1.54) is 17.0 Å². The molecule has 1 aromatic rings. The second-order valence-electron chi connectivity index (χ2n) is 6.71. The van der Waals surface area contributed by atoms with Crippen molar-refractivity contribution < 1.29 is 32.7 Å². The first-order chi connectivity index (χ1) is 13.2. The normalized spacial score (nSPS) is 19.4. The first kappa shape index (κ1) is 20.1. The number of likely N-dealkylation sites (tertiary alicyclic amines) is 1. The molecule has 2 fully saturated rings. The Bertz CT molecular complexity index is 742. The molecule has 2 heterocycles. The molecular formula is C18H20F3N3O4. The van der Waals surface area contributed by atoms with Crippen LogP contribution in [0.4, 0.5) is 18.9 Å². The molecule has 3 amide bonds. The quantitative estimate of drug-likeness (QED) is 0.760. The summed E-state index contributed by atoms with van der Waals surface area (Å²) in [6.45, 7) is 0.670. The number of aliphatic hydroxyl groups is 1. The van der Waals surface area contributed by atoms with Crippen molar-refractivity contribution >= 4 is 23.4 Å². The molecule has 0 aromatic heterocycles. The van der Waals surface area contributed by atoms with Gasteiger partial charge in [0.05, 0.1) is 12.2 Å². The summed E-state index contributed by atoms with van der Waals surface area (Å²) in [5.74, 6) is -1.44. The highest BCUT2D eigenvalue weighted by Crippen LogP contribution is 2.30. The van der Waals surface area contributed by atoms with Crippen LogP contribution in [0.1, 0.15) is 18.4 Å². The van der Waals surface area contributed by atoms with Gasteiger partial charge < -0.3 is 14.9 Å². The van der Waals surface area contributed by atoms with E-state index in [-0.39, 0.29) is 25.9 Å². The van der Waals surface area contributed by atoms with E-state index in [0.717, 1.165) is 17.0 Å². The Kier molecular flexibility index (Phi) is 5.59. The van der Waals surface area contributed by atoms with Crippen LogP contribution in [0.2, 0.25) is 0 Å². The molecule has 0 aliphatic carbocycles. The van der Waals surface area contributed by atoms with Gasteiger partial charge in [-0.1, -0.05) is 0 Å². The van der Waals surface area contributed by atoms with Crippen molar-refractivity contribution in [1.82, 2.24) is 9.80 Å². The molecule has 1 unspecified atom stereocenters. The molecule has 2 aliphatic rings. The van der Waals surface area contributed by atoms with E-state index >= 15 is 0 Å². The van der Waals surface area contributed by atoms with Gasteiger partial charge in [-0.25, -0.2) is 0 Å². The highest BCUT2D eigenvalue weighted by molar-refractivity contribution is 6.05. The van der Waals surface area contributed by atoms with Crippen molar-refractivity contribution in [2.24, 2.45) is 0 Å². The van der Waals surface area contributed by atoms with E-state index < -0.39 is 42.1 Å². The number of aliphatic hydroxyl groups excluding tert-OH is 1. The average Bonchev–Trinajstić information content (AvgIpc) is 3.01. The number of imide groups is 1.